The molecule has 0 amide bonds. The smallest absolute Gasteiger partial charge is 0.190 e. The van der Waals surface area contributed by atoms with Crippen LogP contribution in [0.3, 0.4) is 0 Å². The summed E-state index contributed by atoms with van der Waals surface area (Å²) in [6.45, 7) is 4.17. The van der Waals surface area contributed by atoms with Crippen molar-refractivity contribution < 1.29 is 14.3 Å². The van der Waals surface area contributed by atoms with E-state index in [1.54, 1.807) is 14.2 Å². The van der Waals surface area contributed by atoms with Crippen LogP contribution in [0.25, 0.3) is 0 Å². The maximum absolute atomic E-state index is 17.2. The summed E-state index contributed by atoms with van der Waals surface area (Å²) in [5, 5.41) is 15.3. The van der Waals surface area contributed by atoms with Gasteiger partial charge in [0.05, 0.1) is 48.9 Å². The maximum Gasteiger partial charge on any atom is 0.190 e. The number of methoxy groups -OCH3 is 2. The highest BCUT2D eigenvalue weighted by Crippen LogP contribution is 2.59. The molecular weight excluding hydrogens is 705 g/mol. The summed E-state index contributed by atoms with van der Waals surface area (Å²) >= 11 is 0. The average molecular weight is 751 g/mol. The second-order valence-corrected chi connectivity index (χ2v) is 15.4. The second kappa shape index (κ2) is 14.6. The van der Waals surface area contributed by atoms with Crippen LogP contribution in [0.4, 0.5) is 11.4 Å². The number of ether oxygens (including phenoxy) is 2. The number of ketones is 1. The number of rotatable bonds is 8. The lowest BCUT2D eigenvalue weighted by atomic mass is 9.57. The Morgan fingerprint density at radius 1 is 0.509 bits per heavy atom. The molecule has 284 valence electrons. The van der Waals surface area contributed by atoms with E-state index < -0.39 is 22.9 Å². The predicted molar refractivity (Wildman–Crippen MR) is 229 cm³/mol. The minimum atomic E-state index is -1.14. The summed E-state index contributed by atoms with van der Waals surface area (Å²) in [6, 6.07) is 53.9. The second-order valence-electron chi connectivity index (χ2n) is 15.4. The van der Waals surface area contributed by atoms with Crippen LogP contribution in [0.1, 0.15) is 64.5 Å². The fourth-order valence-electron chi connectivity index (χ4n) is 9.47. The number of aryl methyl sites for hydroxylation is 2. The largest absolute Gasteiger partial charge is 0.497 e. The Kier molecular flexibility index (Phi) is 9.24. The lowest BCUT2D eigenvalue weighted by molar-refractivity contribution is -0.132. The number of carbonyl (C=O) groups excluding carboxylic acids is 1. The van der Waals surface area contributed by atoms with Gasteiger partial charge in [0, 0.05) is 0 Å². The van der Waals surface area contributed by atoms with Gasteiger partial charge in [0.15, 0.2) is 5.78 Å². The number of hydrogen-bond acceptors (Lipinski definition) is 7. The molecule has 9 rings (SSSR count). The lowest BCUT2D eigenvalue weighted by Gasteiger charge is -2.53. The highest BCUT2D eigenvalue weighted by Gasteiger charge is 2.70. The SMILES string of the molecule is COc1ccc([C@@H]2C(c3ccccc3)=NN(c3ccc(C)cc3)C23CCCC2(C3=O)[C@H](c3ccc(OC)cc3)C(c3ccccc3)=NN2c2ccc(C)cc2)cc1. The van der Waals surface area contributed by atoms with E-state index >= 15 is 4.79 Å². The summed E-state index contributed by atoms with van der Waals surface area (Å²) in [6.07, 6.45) is 1.94. The molecule has 0 radical (unpaired) electrons. The molecule has 0 N–H and O–H groups in total. The molecule has 7 heteroatoms. The van der Waals surface area contributed by atoms with Crippen LogP contribution in [0.2, 0.25) is 0 Å². The van der Waals surface area contributed by atoms with E-state index in [1.165, 1.54) is 0 Å². The molecule has 0 saturated heterocycles. The van der Waals surface area contributed by atoms with E-state index in [1.807, 2.05) is 60.7 Å². The molecule has 6 aromatic rings. The third kappa shape index (κ3) is 5.92. The normalized spacial score (nSPS) is 22.8. The molecule has 1 fully saturated rings. The minimum absolute atomic E-state index is 0.0911. The van der Waals surface area contributed by atoms with Crippen LogP contribution in [0.15, 0.2) is 168 Å². The van der Waals surface area contributed by atoms with E-state index in [2.05, 4.69) is 121 Å². The van der Waals surface area contributed by atoms with Gasteiger partial charge < -0.3 is 9.47 Å². The third-order valence-electron chi connectivity index (χ3n) is 12.2. The highest BCUT2D eigenvalue weighted by molar-refractivity contribution is 6.21. The van der Waals surface area contributed by atoms with Crippen molar-refractivity contribution in [2.75, 3.05) is 24.2 Å². The zero-order chi connectivity index (χ0) is 39.1. The number of carbonyl (C=O) groups is 1. The Morgan fingerprint density at radius 3 is 1.23 bits per heavy atom. The van der Waals surface area contributed by atoms with Crippen molar-refractivity contribution >= 4 is 28.6 Å². The highest BCUT2D eigenvalue weighted by atomic mass is 16.5. The van der Waals surface area contributed by atoms with Crippen molar-refractivity contribution in [3.05, 3.63) is 191 Å². The summed E-state index contributed by atoms with van der Waals surface area (Å²) in [4.78, 5) is 17.2. The quantitative estimate of drug-likeness (QED) is 0.155. The Hall–Kier alpha value is -6.47. The Balaban J connectivity index is 1.34. The van der Waals surface area contributed by atoms with Crippen molar-refractivity contribution in [1.29, 1.82) is 0 Å². The first-order valence-electron chi connectivity index (χ1n) is 19.7. The number of Topliss-reactive ketones (excluding diaryl/α,β-unsaturated/α-hetero) is 1. The van der Waals surface area contributed by atoms with Gasteiger partial charge in [-0.2, -0.15) is 10.2 Å². The van der Waals surface area contributed by atoms with E-state index in [9.17, 15) is 0 Å². The van der Waals surface area contributed by atoms with Crippen molar-refractivity contribution in [3.63, 3.8) is 0 Å². The molecule has 1 aliphatic carbocycles. The minimum Gasteiger partial charge on any atom is -0.497 e. The molecule has 2 unspecified atom stereocenters. The fourth-order valence-corrected chi connectivity index (χ4v) is 9.47. The third-order valence-corrected chi connectivity index (χ3v) is 12.2. The van der Waals surface area contributed by atoms with Crippen molar-refractivity contribution in [2.24, 2.45) is 10.2 Å². The summed E-state index contributed by atoms with van der Waals surface area (Å²) < 4.78 is 11.3. The van der Waals surface area contributed by atoms with Crippen molar-refractivity contribution in [1.82, 2.24) is 0 Å². The van der Waals surface area contributed by atoms with Gasteiger partial charge in [-0.25, -0.2) is 0 Å². The zero-order valence-corrected chi connectivity index (χ0v) is 32.8. The monoisotopic (exact) mass is 750 g/mol. The molecule has 0 bridgehead atoms. The van der Waals surface area contributed by atoms with Gasteiger partial charge in [-0.15, -0.1) is 0 Å². The average Bonchev–Trinajstić information content (AvgIpc) is 3.78. The fraction of sp³-hybridized carbons (Fsp3) is 0.220. The first-order valence-corrected chi connectivity index (χ1v) is 19.7. The first kappa shape index (κ1) is 36.2. The number of benzene rings is 6. The molecule has 57 heavy (non-hydrogen) atoms. The summed E-state index contributed by atoms with van der Waals surface area (Å²) in [5.41, 5.74) is 7.44. The van der Waals surface area contributed by atoms with E-state index in [-0.39, 0.29) is 5.78 Å². The number of anilines is 2. The van der Waals surface area contributed by atoms with Gasteiger partial charge in [-0.1, -0.05) is 120 Å². The Labute approximate surface area is 334 Å². The van der Waals surface area contributed by atoms with Crippen molar-refractivity contribution in [2.45, 2.75) is 56.0 Å². The molecule has 2 heterocycles. The number of hydrazone groups is 2. The predicted octanol–water partition coefficient (Wildman–Crippen LogP) is 10.3. The molecule has 6 aromatic carbocycles. The molecule has 2 spiro atoms. The maximum atomic E-state index is 17.2. The van der Waals surface area contributed by atoms with Crippen LogP contribution in [-0.2, 0) is 4.79 Å². The van der Waals surface area contributed by atoms with E-state index in [0.29, 0.717) is 12.8 Å². The summed E-state index contributed by atoms with van der Waals surface area (Å²) in [7, 11) is 3.36. The van der Waals surface area contributed by atoms with Crippen molar-refractivity contribution in [3.8, 4) is 11.5 Å². The number of nitrogens with zero attached hydrogens (tertiary/aromatic N) is 4. The standard InChI is InChI=1S/C50H46N4O3/c1-34-16-24-40(25-17-34)53-49(44(36-20-28-42(56-3)29-21-36)46(51-53)38-12-7-5-8-13-38)32-11-33-50(48(49)55)45(37-22-30-43(57-4)31-23-37)47(39-14-9-6-10-15-39)52-54(50)41-26-18-35(2)19-27-41/h5-10,12-31,44-45H,11,32-33H2,1-4H3/t44-,45-,49?,50?/m1/s1. The van der Waals surface area contributed by atoms with Gasteiger partial charge >= 0.3 is 0 Å². The van der Waals surface area contributed by atoms with Crippen LogP contribution in [0, 0.1) is 13.8 Å². The molecular formula is C50H46N4O3. The van der Waals surface area contributed by atoms with Gasteiger partial charge in [0.2, 0.25) is 0 Å². The van der Waals surface area contributed by atoms with Gasteiger partial charge in [-0.3, -0.25) is 14.8 Å². The van der Waals surface area contributed by atoms with Gasteiger partial charge in [0.1, 0.15) is 22.6 Å². The first-order chi connectivity index (χ1) is 27.9. The van der Waals surface area contributed by atoms with E-state index in [0.717, 1.165) is 74.1 Å². The summed E-state index contributed by atoms with van der Waals surface area (Å²) in [5.74, 6) is 0.761. The van der Waals surface area contributed by atoms with Crippen LogP contribution in [-0.4, -0.2) is 42.5 Å². The molecule has 2 aliphatic heterocycles. The van der Waals surface area contributed by atoms with Crippen LogP contribution < -0.4 is 19.5 Å². The van der Waals surface area contributed by atoms with Gasteiger partial charge in [-0.05, 0) is 104 Å². The Morgan fingerprint density at radius 2 is 0.877 bits per heavy atom. The Bertz CT molecular complexity index is 2280. The zero-order valence-electron chi connectivity index (χ0n) is 32.8. The lowest BCUT2D eigenvalue weighted by Crippen LogP contribution is -2.70. The van der Waals surface area contributed by atoms with Crippen LogP contribution in [0.5, 0.6) is 11.5 Å². The molecule has 4 atom stereocenters. The number of hydrogen-bond donors (Lipinski definition) is 0. The molecule has 7 nitrogen and oxygen atoms in total. The molecule has 0 aromatic heterocycles. The molecule has 3 aliphatic rings. The molecule has 1 saturated carbocycles. The topological polar surface area (TPSA) is 66.7 Å². The van der Waals surface area contributed by atoms with E-state index in [4.69, 9.17) is 19.7 Å². The van der Waals surface area contributed by atoms with Crippen LogP contribution >= 0.6 is 0 Å². The van der Waals surface area contributed by atoms with Gasteiger partial charge in [0.25, 0.3) is 0 Å².